The minimum absolute atomic E-state index is 0.0876. The van der Waals surface area contributed by atoms with Crippen LogP contribution in [0.5, 0.6) is 0 Å². The van der Waals surface area contributed by atoms with Gasteiger partial charge in [-0.05, 0) is 81.5 Å². The maximum Gasteiger partial charge on any atom is 0.303 e. The monoisotopic (exact) mass is 422 g/mol. The normalized spacial score (nSPS) is 19.5. The number of aliphatic hydroxyl groups is 1. The molecule has 176 valence electrons. The fourth-order valence-corrected chi connectivity index (χ4v) is 5.39. The van der Waals surface area contributed by atoms with Crippen molar-refractivity contribution in [3.05, 3.63) is 0 Å². The Labute approximate surface area is 186 Å². The van der Waals surface area contributed by atoms with E-state index in [4.69, 9.17) is 5.11 Å². The third-order valence-corrected chi connectivity index (χ3v) is 8.06. The summed E-state index contributed by atoms with van der Waals surface area (Å²) in [6.07, 6.45) is 27.0. The molecule has 1 unspecified atom stereocenters. The summed E-state index contributed by atoms with van der Waals surface area (Å²) in [4.78, 5) is 10.6. The van der Waals surface area contributed by atoms with Crippen molar-refractivity contribution in [2.45, 2.75) is 154 Å². The molecule has 2 rings (SSSR count). The summed E-state index contributed by atoms with van der Waals surface area (Å²) in [6, 6.07) is 0. The molecule has 3 nitrogen and oxygen atoms in total. The van der Waals surface area contributed by atoms with E-state index in [0.717, 1.165) is 37.5 Å². The Hall–Kier alpha value is -0.570. The minimum atomic E-state index is -0.660. The van der Waals surface area contributed by atoms with Crippen molar-refractivity contribution in [2.75, 3.05) is 0 Å². The minimum Gasteiger partial charge on any atom is -0.481 e. The third kappa shape index (κ3) is 11.2. The lowest BCUT2D eigenvalue weighted by molar-refractivity contribution is -0.137. The Morgan fingerprint density at radius 1 is 0.700 bits per heavy atom. The van der Waals surface area contributed by atoms with Crippen molar-refractivity contribution in [1.82, 2.24) is 0 Å². The first-order valence-corrected chi connectivity index (χ1v) is 13.4. The smallest absolute Gasteiger partial charge is 0.303 e. The second-order valence-corrected chi connectivity index (χ2v) is 10.9. The molecule has 0 aromatic rings. The van der Waals surface area contributed by atoms with Crippen LogP contribution in [0.3, 0.4) is 0 Å². The molecule has 30 heavy (non-hydrogen) atoms. The van der Waals surface area contributed by atoms with Crippen molar-refractivity contribution in [2.24, 2.45) is 10.8 Å². The van der Waals surface area contributed by atoms with Gasteiger partial charge in [-0.1, -0.05) is 71.1 Å². The van der Waals surface area contributed by atoms with Crippen molar-refractivity contribution in [3.63, 3.8) is 0 Å². The van der Waals surface area contributed by atoms with E-state index in [0.29, 0.717) is 11.8 Å². The highest BCUT2D eigenvalue weighted by atomic mass is 16.4. The first-order valence-electron chi connectivity index (χ1n) is 13.4. The van der Waals surface area contributed by atoms with Crippen LogP contribution < -0.4 is 0 Å². The van der Waals surface area contributed by atoms with Gasteiger partial charge in [0.15, 0.2) is 0 Å². The van der Waals surface area contributed by atoms with E-state index in [1.165, 1.54) is 103 Å². The number of carboxylic acid groups (broad SMARTS) is 1. The first kappa shape index (κ1) is 25.7. The van der Waals surface area contributed by atoms with E-state index in [9.17, 15) is 9.90 Å². The maximum atomic E-state index is 10.6. The molecule has 0 radical (unpaired) electrons. The summed E-state index contributed by atoms with van der Waals surface area (Å²) in [7, 11) is 0. The standard InChI is InChI=1S/C27H50O3/c1-2-3-9-16-26(20-21-26)17-10-4-6-13-24(28)14-7-5-11-18-27(22-23-27)19-12-8-15-25(29)30/h24,28H,2-23H2,1H3,(H,29,30). The van der Waals surface area contributed by atoms with Crippen LogP contribution in [0.2, 0.25) is 0 Å². The maximum absolute atomic E-state index is 10.6. The van der Waals surface area contributed by atoms with Gasteiger partial charge in [-0.15, -0.1) is 0 Å². The van der Waals surface area contributed by atoms with Crippen LogP contribution in [0.1, 0.15) is 148 Å². The zero-order chi connectivity index (χ0) is 21.7. The highest BCUT2D eigenvalue weighted by Gasteiger charge is 2.41. The average Bonchev–Trinajstić information content (AvgIpc) is 3.63. The summed E-state index contributed by atoms with van der Waals surface area (Å²) >= 11 is 0. The fraction of sp³-hybridized carbons (Fsp3) is 0.963. The molecule has 2 fully saturated rings. The number of aliphatic hydroxyl groups excluding tert-OH is 1. The molecule has 0 aliphatic heterocycles. The molecule has 2 aliphatic rings. The fourth-order valence-electron chi connectivity index (χ4n) is 5.39. The van der Waals surface area contributed by atoms with Crippen molar-refractivity contribution >= 4 is 5.97 Å². The van der Waals surface area contributed by atoms with E-state index in [-0.39, 0.29) is 6.10 Å². The Bertz CT molecular complexity index is 465. The highest BCUT2D eigenvalue weighted by Crippen LogP contribution is 2.54. The number of unbranched alkanes of at least 4 members (excludes halogenated alkanes) is 7. The Balaban J connectivity index is 1.37. The van der Waals surface area contributed by atoms with Gasteiger partial charge in [0.05, 0.1) is 6.10 Å². The number of hydrogen-bond donors (Lipinski definition) is 2. The molecular weight excluding hydrogens is 372 g/mol. The molecule has 0 heterocycles. The molecule has 2 N–H and O–H groups in total. The molecule has 3 heteroatoms. The molecule has 2 saturated carbocycles. The molecule has 0 bridgehead atoms. The van der Waals surface area contributed by atoms with Gasteiger partial charge in [-0.2, -0.15) is 0 Å². The van der Waals surface area contributed by atoms with Crippen molar-refractivity contribution in [3.8, 4) is 0 Å². The summed E-state index contributed by atoms with van der Waals surface area (Å²) in [5.41, 5.74) is 1.30. The number of aliphatic carboxylic acids is 1. The molecule has 0 aromatic heterocycles. The SMILES string of the molecule is CCCCCC1(CCCCCC(O)CCCCCC2(CCCCC(=O)O)CC2)CC1. The molecular formula is C27H50O3. The summed E-state index contributed by atoms with van der Waals surface area (Å²) < 4.78 is 0. The second-order valence-electron chi connectivity index (χ2n) is 10.9. The molecule has 0 spiro atoms. The number of carbonyl (C=O) groups is 1. The van der Waals surface area contributed by atoms with Gasteiger partial charge in [0.1, 0.15) is 0 Å². The Morgan fingerprint density at radius 2 is 1.13 bits per heavy atom. The second kappa shape index (κ2) is 13.8. The molecule has 0 saturated heterocycles. The van der Waals surface area contributed by atoms with Crippen LogP contribution in [-0.2, 0) is 4.79 Å². The van der Waals surface area contributed by atoms with Crippen LogP contribution in [0, 0.1) is 10.8 Å². The van der Waals surface area contributed by atoms with E-state index >= 15 is 0 Å². The van der Waals surface area contributed by atoms with Crippen LogP contribution in [-0.4, -0.2) is 22.3 Å². The summed E-state index contributed by atoms with van der Waals surface area (Å²) in [6.45, 7) is 2.29. The molecule has 0 aromatic carbocycles. The number of carboxylic acids is 1. The van der Waals surface area contributed by atoms with Gasteiger partial charge in [0, 0.05) is 6.42 Å². The van der Waals surface area contributed by atoms with Gasteiger partial charge >= 0.3 is 5.97 Å². The quantitative estimate of drug-likeness (QED) is 0.184. The lowest BCUT2D eigenvalue weighted by Gasteiger charge is -2.16. The first-order chi connectivity index (χ1) is 14.5. The van der Waals surface area contributed by atoms with Crippen LogP contribution in [0.4, 0.5) is 0 Å². The predicted molar refractivity (Wildman–Crippen MR) is 126 cm³/mol. The van der Waals surface area contributed by atoms with Gasteiger partial charge in [0.25, 0.3) is 0 Å². The zero-order valence-corrected chi connectivity index (χ0v) is 19.9. The van der Waals surface area contributed by atoms with Gasteiger partial charge in [-0.25, -0.2) is 0 Å². The van der Waals surface area contributed by atoms with E-state index in [2.05, 4.69) is 6.92 Å². The zero-order valence-electron chi connectivity index (χ0n) is 19.9. The van der Waals surface area contributed by atoms with Crippen LogP contribution in [0.25, 0.3) is 0 Å². The predicted octanol–water partition coefficient (Wildman–Crippen LogP) is 8.03. The molecule has 2 aliphatic carbocycles. The van der Waals surface area contributed by atoms with E-state index < -0.39 is 5.97 Å². The lowest BCUT2D eigenvalue weighted by atomic mass is 9.91. The van der Waals surface area contributed by atoms with E-state index in [1.807, 2.05) is 0 Å². The topological polar surface area (TPSA) is 57.5 Å². The van der Waals surface area contributed by atoms with Crippen LogP contribution in [0.15, 0.2) is 0 Å². The third-order valence-electron chi connectivity index (χ3n) is 8.06. The van der Waals surface area contributed by atoms with Crippen LogP contribution >= 0.6 is 0 Å². The lowest BCUT2D eigenvalue weighted by Crippen LogP contribution is -2.07. The van der Waals surface area contributed by atoms with Crippen molar-refractivity contribution in [1.29, 1.82) is 0 Å². The molecule has 0 amide bonds. The van der Waals surface area contributed by atoms with Crippen molar-refractivity contribution < 1.29 is 15.0 Å². The summed E-state index contributed by atoms with van der Waals surface area (Å²) in [5.74, 6) is -0.660. The van der Waals surface area contributed by atoms with Gasteiger partial charge in [0.2, 0.25) is 0 Å². The number of rotatable bonds is 21. The molecule has 1 atom stereocenters. The number of hydrogen-bond acceptors (Lipinski definition) is 2. The highest BCUT2D eigenvalue weighted by molar-refractivity contribution is 5.66. The van der Waals surface area contributed by atoms with Gasteiger partial charge in [-0.3, -0.25) is 4.79 Å². The summed E-state index contributed by atoms with van der Waals surface area (Å²) in [5, 5.41) is 19.0. The largest absolute Gasteiger partial charge is 0.481 e. The van der Waals surface area contributed by atoms with E-state index in [1.54, 1.807) is 0 Å². The Morgan fingerprint density at radius 3 is 1.53 bits per heavy atom. The average molecular weight is 423 g/mol. The Kier molecular flexibility index (Phi) is 11.8. The van der Waals surface area contributed by atoms with Gasteiger partial charge < -0.3 is 10.2 Å².